The zero-order valence-corrected chi connectivity index (χ0v) is 12.8. The van der Waals surface area contributed by atoms with Gasteiger partial charge in [0.25, 0.3) is 11.7 Å². The molecule has 1 amide bonds. The third-order valence-electron chi connectivity index (χ3n) is 3.80. The summed E-state index contributed by atoms with van der Waals surface area (Å²) in [4.78, 5) is 28.4. The maximum absolute atomic E-state index is 11.8. The van der Waals surface area contributed by atoms with Gasteiger partial charge in [-0.25, -0.2) is 0 Å². The van der Waals surface area contributed by atoms with Crippen LogP contribution in [0.3, 0.4) is 0 Å². The molecule has 2 aromatic rings. The van der Waals surface area contributed by atoms with E-state index >= 15 is 0 Å². The van der Waals surface area contributed by atoms with Crippen LogP contribution in [0.25, 0.3) is 0 Å². The Kier molecular flexibility index (Phi) is 3.51. The molecule has 0 aliphatic carbocycles. The second kappa shape index (κ2) is 5.33. The number of thiophene rings is 1. The lowest BCUT2D eigenvalue weighted by atomic mass is 10.1. The minimum absolute atomic E-state index is 0.416. The molecule has 0 unspecified atom stereocenters. The Morgan fingerprint density at radius 1 is 1.24 bits per heavy atom. The highest BCUT2D eigenvalue weighted by Crippen LogP contribution is 2.31. The van der Waals surface area contributed by atoms with Crippen LogP contribution in [0.15, 0.2) is 35.7 Å². The van der Waals surface area contributed by atoms with Crippen LogP contribution in [-0.4, -0.2) is 32.3 Å². The number of nitrogens with zero attached hydrogens (tertiary/aromatic N) is 2. The number of anilines is 2. The van der Waals surface area contributed by atoms with Crippen molar-refractivity contribution in [3.63, 3.8) is 0 Å². The van der Waals surface area contributed by atoms with E-state index in [1.54, 1.807) is 24.5 Å². The predicted octanol–water partition coefficient (Wildman–Crippen LogP) is 2.59. The van der Waals surface area contributed by atoms with Crippen LogP contribution in [0.2, 0.25) is 0 Å². The van der Waals surface area contributed by atoms with Crippen molar-refractivity contribution in [1.82, 2.24) is 0 Å². The summed E-state index contributed by atoms with van der Waals surface area (Å²) in [6.45, 7) is 0.894. The molecule has 3 rings (SSSR count). The molecule has 0 fully saturated rings. The van der Waals surface area contributed by atoms with Gasteiger partial charge >= 0.3 is 0 Å². The number of carbonyl (C=O) groups is 2. The first-order valence-electron chi connectivity index (χ1n) is 6.78. The Morgan fingerprint density at radius 2 is 2.05 bits per heavy atom. The SMILES string of the molecule is CN(CCc1cccs1)c1ccc2c(c1)N(C)C(=O)C2=O. The van der Waals surface area contributed by atoms with Gasteiger partial charge in [-0.05, 0) is 36.1 Å². The normalized spacial score (nSPS) is 13.7. The molecule has 0 atom stereocenters. The average molecular weight is 300 g/mol. The van der Waals surface area contributed by atoms with Crippen LogP contribution in [0, 0.1) is 0 Å². The van der Waals surface area contributed by atoms with E-state index in [0.29, 0.717) is 11.3 Å². The number of carbonyl (C=O) groups excluding carboxylic acids is 2. The molecule has 0 spiro atoms. The molecule has 1 aromatic carbocycles. The summed E-state index contributed by atoms with van der Waals surface area (Å²) in [5.74, 6) is -0.872. The summed E-state index contributed by atoms with van der Waals surface area (Å²) in [7, 11) is 3.66. The Balaban J connectivity index is 1.78. The van der Waals surface area contributed by atoms with Gasteiger partial charge in [-0.2, -0.15) is 0 Å². The lowest BCUT2D eigenvalue weighted by Gasteiger charge is -2.20. The van der Waals surface area contributed by atoms with Crippen molar-refractivity contribution in [2.24, 2.45) is 0 Å². The summed E-state index contributed by atoms with van der Waals surface area (Å²) in [6, 6.07) is 9.74. The van der Waals surface area contributed by atoms with Crippen molar-refractivity contribution in [3.8, 4) is 0 Å². The summed E-state index contributed by atoms with van der Waals surface area (Å²) in [6.07, 6.45) is 0.985. The Labute approximate surface area is 127 Å². The van der Waals surface area contributed by atoms with E-state index in [1.165, 1.54) is 9.78 Å². The molecule has 108 valence electrons. The van der Waals surface area contributed by atoms with Crippen molar-refractivity contribution in [2.45, 2.75) is 6.42 Å². The van der Waals surface area contributed by atoms with Gasteiger partial charge in [0.2, 0.25) is 0 Å². The predicted molar refractivity (Wildman–Crippen MR) is 85.5 cm³/mol. The Bertz CT molecular complexity index is 694. The third-order valence-corrected chi connectivity index (χ3v) is 4.74. The number of hydrogen-bond acceptors (Lipinski definition) is 4. The molecule has 0 bridgehead atoms. The molecule has 2 heterocycles. The summed E-state index contributed by atoms with van der Waals surface area (Å²) < 4.78 is 0. The maximum Gasteiger partial charge on any atom is 0.299 e. The number of ketones is 1. The van der Waals surface area contributed by atoms with Gasteiger partial charge in [-0.15, -0.1) is 11.3 Å². The Hall–Kier alpha value is -2.14. The van der Waals surface area contributed by atoms with Crippen LogP contribution >= 0.6 is 11.3 Å². The van der Waals surface area contributed by atoms with E-state index in [2.05, 4.69) is 22.4 Å². The molecule has 0 N–H and O–H groups in total. The van der Waals surface area contributed by atoms with Gasteiger partial charge in [0.1, 0.15) is 0 Å². The number of amides is 1. The summed E-state index contributed by atoms with van der Waals surface area (Å²) in [5, 5.41) is 2.08. The summed E-state index contributed by atoms with van der Waals surface area (Å²) >= 11 is 1.76. The van der Waals surface area contributed by atoms with Crippen molar-refractivity contribution in [3.05, 3.63) is 46.2 Å². The van der Waals surface area contributed by atoms with Crippen molar-refractivity contribution in [1.29, 1.82) is 0 Å². The van der Waals surface area contributed by atoms with Gasteiger partial charge in [-0.3, -0.25) is 9.59 Å². The molecule has 21 heavy (non-hydrogen) atoms. The van der Waals surface area contributed by atoms with Crippen molar-refractivity contribution >= 4 is 34.4 Å². The molecule has 4 nitrogen and oxygen atoms in total. The van der Waals surface area contributed by atoms with Gasteiger partial charge in [0.15, 0.2) is 0 Å². The highest BCUT2D eigenvalue weighted by Gasteiger charge is 2.33. The van der Waals surface area contributed by atoms with Crippen LogP contribution in [-0.2, 0) is 11.2 Å². The first-order chi connectivity index (χ1) is 10.1. The topological polar surface area (TPSA) is 40.6 Å². The van der Waals surface area contributed by atoms with E-state index in [1.807, 2.05) is 19.2 Å². The number of likely N-dealkylation sites (N-methyl/N-ethyl adjacent to an activating group) is 2. The van der Waals surface area contributed by atoms with Gasteiger partial charge < -0.3 is 9.80 Å². The molecule has 0 saturated heterocycles. The van der Waals surface area contributed by atoms with E-state index in [4.69, 9.17) is 0 Å². The molecule has 1 aliphatic heterocycles. The molecule has 5 heteroatoms. The first kappa shape index (κ1) is 13.8. The summed E-state index contributed by atoms with van der Waals surface area (Å²) in [5.41, 5.74) is 2.21. The minimum atomic E-state index is -0.455. The molecule has 0 radical (unpaired) electrons. The van der Waals surface area contributed by atoms with Crippen LogP contribution < -0.4 is 9.80 Å². The van der Waals surface area contributed by atoms with Gasteiger partial charge in [0, 0.05) is 31.2 Å². The lowest BCUT2D eigenvalue weighted by molar-refractivity contribution is -0.114. The lowest BCUT2D eigenvalue weighted by Crippen LogP contribution is -2.25. The smallest absolute Gasteiger partial charge is 0.299 e. The molecular formula is C16H16N2O2S. The third kappa shape index (κ3) is 2.45. The number of benzene rings is 1. The Morgan fingerprint density at radius 3 is 2.76 bits per heavy atom. The number of Topliss-reactive ketones (excluding diaryl/α,β-unsaturated/α-hetero) is 1. The fourth-order valence-electron chi connectivity index (χ4n) is 2.47. The van der Waals surface area contributed by atoms with E-state index < -0.39 is 11.7 Å². The van der Waals surface area contributed by atoms with E-state index in [9.17, 15) is 9.59 Å². The van der Waals surface area contributed by atoms with E-state index in [-0.39, 0.29) is 0 Å². The van der Waals surface area contributed by atoms with Gasteiger partial charge in [0.05, 0.1) is 11.3 Å². The second-order valence-electron chi connectivity index (χ2n) is 5.15. The monoisotopic (exact) mass is 300 g/mol. The van der Waals surface area contributed by atoms with Crippen LogP contribution in [0.5, 0.6) is 0 Å². The van der Waals surface area contributed by atoms with Crippen molar-refractivity contribution in [2.75, 3.05) is 30.4 Å². The highest BCUT2D eigenvalue weighted by molar-refractivity contribution is 7.09. The molecule has 1 aromatic heterocycles. The number of fused-ring (bicyclic) bond motifs is 1. The first-order valence-corrected chi connectivity index (χ1v) is 7.66. The average Bonchev–Trinajstić information content (AvgIpc) is 3.09. The van der Waals surface area contributed by atoms with Gasteiger partial charge in [-0.1, -0.05) is 6.07 Å². The zero-order valence-electron chi connectivity index (χ0n) is 12.0. The molecule has 1 aliphatic rings. The number of rotatable bonds is 4. The number of hydrogen-bond donors (Lipinski definition) is 0. The second-order valence-corrected chi connectivity index (χ2v) is 6.18. The maximum atomic E-state index is 11.8. The zero-order chi connectivity index (χ0) is 15.0. The minimum Gasteiger partial charge on any atom is -0.374 e. The fraction of sp³-hybridized carbons (Fsp3) is 0.250. The van der Waals surface area contributed by atoms with E-state index in [0.717, 1.165) is 18.7 Å². The van der Waals surface area contributed by atoms with Crippen LogP contribution in [0.4, 0.5) is 11.4 Å². The van der Waals surface area contributed by atoms with Crippen LogP contribution in [0.1, 0.15) is 15.2 Å². The standard InChI is InChI=1S/C16H16N2O2S/c1-17(8-7-12-4-3-9-21-12)11-5-6-13-14(10-11)18(2)16(20)15(13)19/h3-6,9-10H,7-8H2,1-2H3. The molecular weight excluding hydrogens is 284 g/mol. The molecule has 0 saturated carbocycles. The fourth-order valence-corrected chi connectivity index (χ4v) is 3.16. The quantitative estimate of drug-likeness (QED) is 0.815. The highest BCUT2D eigenvalue weighted by atomic mass is 32.1. The largest absolute Gasteiger partial charge is 0.374 e. The van der Waals surface area contributed by atoms with Crippen molar-refractivity contribution < 1.29 is 9.59 Å².